The highest BCUT2D eigenvalue weighted by Gasteiger charge is 2.33. The van der Waals surface area contributed by atoms with Gasteiger partial charge in [0.25, 0.3) is 0 Å². The second-order valence-electron chi connectivity index (χ2n) is 8.83. The van der Waals surface area contributed by atoms with E-state index in [1.807, 2.05) is 0 Å². The predicted molar refractivity (Wildman–Crippen MR) is 111 cm³/mol. The minimum absolute atomic E-state index is 0.209. The Morgan fingerprint density at radius 2 is 2.14 bits per heavy atom. The molecular formula is C20H33N3O5Si. The Kier molecular flexibility index (Phi) is 8.40. The summed E-state index contributed by atoms with van der Waals surface area (Å²) < 4.78 is 23.2. The SMILES string of the molecule is CC(=O)O[C@@H](COCC#C[Si](C)(C)C(C)(C)C)Cn1cc(COC[C@@H]2CO2)nn1. The molecule has 162 valence electrons. The summed E-state index contributed by atoms with van der Waals surface area (Å²) in [6, 6.07) is 0. The molecule has 1 aromatic rings. The maximum absolute atomic E-state index is 11.4. The van der Waals surface area contributed by atoms with Crippen LogP contribution in [0.4, 0.5) is 0 Å². The Hall–Kier alpha value is -1.73. The number of esters is 1. The normalized spacial score (nSPS) is 17.4. The Morgan fingerprint density at radius 1 is 1.41 bits per heavy atom. The van der Waals surface area contributed by atoms with Gasteiger partial charge in [-0.3, -0.25) is 4.79 Å². The van der Waals surface area contributed by atoms with Crippen molar-refractivity contribution in [3.05, 3.63) is 11.9 Å². The zero-order valence-electron chi connectivity index (χ0n) is 18.4. The molecular weight excluding hydrogens is 390 g/mol. The average Bonchev–Trinajstić information content (AvgIpc) is 3.31. The van der Waals surface area contributed by atoms with Crippen LogP contribution in [0.3, 0.4) is 0 Å². The molecule has 0 unspecified atom stereocenters. The number of hydrogen-bond donors (Lipinski definition) is 0. The van der Waals surface area contributed by atoms with Crippen molar-refractivity contribution in [2.24, 2.45) is 0 Å². The van der Waals surface area contributed by atoms with E-state index in [4.69, 9.17) is 18.9 Å². The van der Waals surface area contributed by atoms with Crippen molar-refractivity contribution in [2.75, 3.05) is 26.4 Å². The molecule has 0 amide bonds. The predicted octanol–water partition coefficient (Wildman–Crippen LogP) is 2.19. The summed E-state index contributed by atoms with van der Waals surface area (Å²) in [5.74, 6) is 2.77. The number of nitrogens with zero attached hydrogens (tertiary/aromatic N) is 3. The molecule has 0 radical (unpaired) electrons. The third-order valence-corrected chi connectivity index (χ3v) is 9.57. The molecule has 0 spiro atoms. The first-order chi connectivity index (χ1) is 13.6. The van der Waals surface area contributed by atoms with Crippen molar-refractivity contribution in [2.45, 2.75) is 71.2 Å². The molecule has 2 rings (SSSR count). The van der Waals surface area contributed by atoms with E-state index >= 15 is 0 Å². The van der Waals surface area contributed by atoms with E-state index in [1.54, 1.807) is 10.9 Å². The van der Waals surface area contributed by atoms with Gasteiger partial charge < -0.3 is 18.9 Å². The monoisotopic (exact) mass is 423 g/mol. The lowest BCUT2D eigenvalue weighted by atomic mass is 10.2. The lowest BCUT2D eigenvalue weighted by Crippen LogP contribution is -2.35. The maximum atomic E-state index is 11.4. The third-order valence-electron chi connectivity index (χ3n) is 5.02. The first-order valence-corrected chi connectivity index (χ1v) is 12.9. The minimum Gasteiger partial charge on any atom is -0.458 e. The van der Waals surface area contributed by atoms with Crippen molar-refractivity contribution in [3.63, 3.8) is 0 Å². The van der Waals surface area contributed by atoms with Gasteiger partial charge in [-0.25, -0.2) is 4.68 Å². The molecule has 0 N–H and O–H groups in total. The van der Waals surface area contributed by atoms with Gasteiger partial charge in [-0.15, -0.1) is 10.6 Å². The number of carbonyl (C=O) groups is 1. The number of aromatic nitrogens is 3. The van der Waals surface area contributed by atoms with Crippen LogP contribution < -0.4 is 0 Å². The first-order valence-electron chi connectivity index (χ1n) is 9.90. The lowest BCUT2D eigenvalue weighted by molar-refractivity contribution is -0.150. The van der Waals surface area contributed by atoms with Gasteiger partial charge in [-0.2, -0.15) is 0 Å². The first kappa shape index (κ1) is 23.5. The largest absolute Gasteiger partial charge is 0.458 e. The van der Waals surface area contributed by atoms with Gasteiger partial charge in [-0.05, 0) is 5.04 Å². The zero-order chi connectivity index (χ0) is 21.5. The van der Waals surface area contributed by atoms with E-state index < -0.39 is 14.2 Å². The van der Waals surface area contributed by atoms with Gasteiger partial charge >= 0.3 is 5.97 Å². The van der Waals surface area contributed by atoms with Crippen molar-refractivity contribution in [1.29, 1.82) is 0 Å². The van der Waals surface area contributed by atoms with Crippen LogP contribution in [0.15, 0.2) is 6.20 Å². The van der Waals surface area contributed by atoms with Gasteiger partial charge in [0.05, 0.1) is 39.2 Å². The molecule has 1 aliphatic rings. The smallest absolute Gasteiger partial charge is 0.303 e. The summed E-state index contributed by atoms with van der Waals surface area (Å²) in [6.45, 7) is 15.2. The molecule has 9 heteroatoms. The minimum atomic E-state index is -1.65. The fourth-order valence-electron chi connectivity index (χ4n) is 2.21. The molecule has 2 atom stereocenters. The molecule has 1 aromatic heterocycles. The topological polar surface area (TPSA) is 88.0 Å². The summed E-state index contributed by atoms with van der Waals surface area (Å²) >= 11 is 0. The number of carbonyl (C=O) groups excluding carboxylic acids is 1. The van der Waals surface area contributed by atoms with E-state index in [0.29, 0.717) is 32.1 Å². The summed E-state index contributed by atoms with van der Waals surface area (Å²) in [5.41, 5.74) is 4.12. The molecule has 1 fully saturated rings. The van der Waals surface area contributed by atoms with Gasteiger partial charge in [0.1, 0.15) is 32.6 Å². The molecule has 0 bridgehead atoms. The molecule has 0 aliphatic carbocycles. The third kappa shape index (κ3) is 8.66. The van der Waals surface area contributed by atoms with Crippen molar-refractivity contribution in [3.8, 4) is 11.5 Å². The highest BCUT2D eigenvalue weighted by atomic mass is 28.3. The van der Waals surface area contributed by atoms with Crippen LogP contribution in [0.25, 0.3) is 0 Å². The fourth-order valence-corrected chi connectivity index (χ4v) is 3.10. The van der Waals surface area contributed by atoms with Crippen LogP contribution in [0.2, 0.25) is 18.1 Å². The van der Waals surface area contributed by atoms with Crippen LogP contribution in [-0.2, 0) is 36.9 Å². The number of ether oxygens (including phenoxy) is 4. The van der Waals surface area contributed by atoms with Gasteiger partial charge in [0, 0.05) is 6.92 Å². The van der Waals surface area contributed by atoms with Crippen molar-refractivity contribution >= 4 is 14.0 Å². The van der Waals surface area contributed by atoms with E-state index in [-0.39, 0.29) is 23.7 Å². The van der Waals surface area contributed by atoms with E-state index in [2.05, 4.69) is 55.6 Å². The summed E-state index contributed by atoms with van der Waals surface area (Å²) in [7, 11) is -1.65. The highest BCUT2D eigenvalue weighted by molar-refractivity contribution is 6.87. The summed E-state index contributed by atoms with van der Waals surface area (Å²) in [4.78, 5) is 11.4. The van der Waals surface area contributed by atoms with Crippen molar-refractivity contribution < 1.29 is 23.7 Å². The fraction of sp³-hybridized carbons (Fsp3) is 0.750. The van der Waals surface area contributed by atoms with Crippen LogP contribution in [0.1, 0.15) is 33.4 Å². The molecule has 8 nitrogen and oxygen atoms in total. The average molecular weight is 424 g/mol. The van der Waals surface area contributed by atoms with Gasteiger partial charge in [0.2, 0.25) is 0 Å². The van der Waals surface area contributed by atoms with Crippen LogP contribution in [-0.4, -0.2) is 67.7 Å². The Balaban J connectivity index is 1.80. The summed E-state index contributed by atoms with van der Waals surface area (Å²) in [6.07, 6.45) is 1.54. The van der Waals surface area contributed by atoms with Crippen molar-refractivity contribution in [1.82, 2.24) is 15.0 Å². The van der Waals surface area contributed by atoms with Crippen LogP contribution in [0.5, 0.6) is 0 Å². The molecule has 1 saturated heterocycles. The molecule has 0 saturated carbocycles. The van der Waals surface area contributed by atoms with Gasteiger partial charge in [-0.1, -0.05) is 45.0 Å². The van der Waals surface area contributed by atoms with E-state index in [1.165, 1.54) is 6.92 Å². The number of rotatable bonds is 10. The van der Waals surface area contributed by atoms with Crippen LogP contribution >= 0.6 is 0 Å². The lowest BCUT2D eigenvalue weighted by Gasteiger charge is -2.31. The quantitative estimate of drug-likeness (QED) is 0.187. The standard InChI is InChI=1S/C20H33N3O5Si/c1-16(24)28-18(13-25-8-7-9-29(5,6)20(2,3)4)11-23-10-17(21-22-23)12-26-14-19-15-27-19/h10,18-19H,8,11-15H2,1-6H3/t18-,19-/m1/s1. The van der Waals surface area contributed by atoms with Gasteiger partial charge in [0.15, 0.2) is 0 Å². The zero-order valence-corrected chi connectivity index (χ0v) is 19.4. The van der Waals surface area contributed by atoms with E-state index in [0.717, 1.165) is 6.61 Å². The maximum Gasteiger partial charge on any atom is 0.303 e. The Bertz CT molecular complexity index is 728. The van der Waals surface area contributed by atoms with Crippen LogP contribution in [0, 0.1) is 11.5 Å². The number of epoxide rings is 1. The Morgan fingerprint density at radius 3 is 2.76 bits per heavy atom. The molecule has 0 aromatic carbocycles. The Labute approximate surface area is 174 Å². The number of hydrogen-bond acceptors (Lipinski definition) is 7. The van der Waals surface area contributed by atoms with E-state index in [9.17, 15) is 4.79 Å². The summed E-state index contributed by atoms with van der Waals surface area (Å²) in [5, 5.41) is 8.35. The molecule has 1 aliphatic heterocycles. The second-order valence-corrected chi connectivity index (χ2v) is 13.8. The molecule has 29 heavy (non-hydrogen) atoms. The highest BCUT2D eigenvalue weighted by Crippen LogP contribution is 2.35. The second kappa shape index (κ2) is 10.3. The molecule has 2 heterocycles.